The molecule has 2 aliphatic carbocycles. The first kappa shape index (κ1) is 28.7. The number of carbonyl (C=O) groups is 3. The average molecular weight is 575 g/mol. The number of fused-ring (bicyclic) bond motifs is 1. The van der Waals surface area contributed by atoms with E-state index in [0.29, 0.717) is 31.2 Å². The molecule has 4 aliphatic rings. The van der Waals surface area contributed by atoms with E-state index in [-0.39, 0.29) is 29.7 Å². The SMILES string of the molecule is COc1cc(CN(CC2CCC(C(=O)O)CC2)C(C)c2ccc3c(c2)CCO3)ccc1[C@@H]1C[C@H]1CN1C(=O)CCC1=O. The van der Waals surface area contributed by atoms with E-state index in [1.807, 2.05) is 0 Å². The van der Waals surface area contributed by atoms with Crippen LogP contribution in [-0.4, -0.2) is 59.5 Å². The summed E-state index contributed by atoms with van der Waals surface area (Å²) in [6.07, 6.45) is 5.94. The zero-order valence-corrected chi connectivity index (χ0v) is 24.7. The van der Waals surface area contributed by atoms with Gasteiger partial charge in [-0.05, 0) is 91.2 Å². The Morgan fingerprint density at radius 3 is 2.55 bits per heavy atom. The lowest BCUT2D eigenvalue weighted by molar-refractivity contribution is -0.143. The van der Waals surface area contributed by atoms with Crippen LogP contribution in [-0.2, 0) is 27.3 Å². The maximum atomic E-state index is 12.1. The Morgan fingerprint density at radius 1 is 1.07 bits per heavy atom. The Morgan fingerprint density at radius 2 is 1.83 bits per heavy atom. The topological polar surface area (TPSA) is 96.4 Å². The monoisotopic (exact) mass is 574 g/mol. The molecule has 3 fully saturated rings. The largest absolute Gasteiger partial charge is 0.496 e. The third-order valence-corrected chi connectivity index (χ3v) is 10.0. The molecule has 2 aromatic carbocycles. The van der Waals surface area contributed by atoms with E-state index in [0.717, 1.165) is 75.3 Å². The number of carboxylic acid groups (broad SMARTS) is 1. The number of imide groups is 1. The maximum absolute atomic E-state index is 12.1. The van der Waals surface area contributed by atoms with Crippen LogP contribution in [0.5, 0.6) is 11.5 Å². The van der Waals surface area contributed by atoms with Gasteiger partial charge in [-0.15, -0.1) is 0 Å². The molecule has 2 amide bonds. The molecular weight excluding hydrogens is 532 g/mol. The molecule has 0 radical (unpaired) electrons. The molecule has 0 aromatic heterocycles. The van der Waals surface area contributed by atoms with Crippen LogP contribution in [0.3, 0.4) is 0 Å². The van der Waals surface area contributed by atoms with Crippen LogP contribution < -0.4 is 9.47 Å². The first-order valence-corrected chi connectivity index (χ1v) is 15.5. The van der Waals surface area contributed by atoms with E-state index in [1.54, 1.807) is 7.11 Å². The standard InChI is InChI=1S/C34H42N2O6/c1-21(25-8-10-30-26(16-25)13-14-42-30)35(18-22-3-6-24(7-4-22)34(39)40)19-23-5-9-28(31(15-23)41-2)29-17-27(29)20-36-32(37)11-12-33(36)38/h5,8-10,15-16,21-22,24,27,29H,3-4,6-7,11-14,17-20H2,1-2H3,(H,39,40)/t21?,22?,24?,27-,29+/m0/s1. The molecule has 1 unspecified atom stereocenters. The van der Waals surface area contributed by atoms with Crippen LogP contribution in [0.15, 0.2) is 36.4 Å². The highest BCUT2D eigenvalue weighted by Crippen LogP contribution is 2.51. The smallest absolute Gasteiger partial charge is 0.306 e. The van der Waals surface area contributed by atoms with Gasteiger partial charge in [0, 0.05) is 44.9 Å². The minimum absolute atomic E-state index is 0.0467. The second kappa shape index (κ2) is 12.1. The lowest BCUT2D eigenvalue weighted by Gasteiger charge is -2.35. The molecule has 0 bridgehead atoms. The summed E-state index contributed by atoms with van der Waals surface area (Å²) in [6, 6.07) is 13.2. The first-order chi connectivity index (χ1) is 20.3. The molecule has 2 heterocycles. The number of ether oxygens (including phenoxy) is 2. The van der Waals surface area contributed by atoms with Crippen molar-refractivity contribution in [1.82, 2.24) is 9.80 Å². The molecule has 3 atom stereocenters. The number of aliphatic carboxylic acids is 1. The minimum Gasteiger partial charge on any atom is -0.496 e. The molecule has 224 valence electrons. The van der Waals surface area contributed by atoms with E-state index < -0.39 is 5.97 Å². The Balaban J connectivity index is 1.18. The summed E-state index contributed by atoms with van der Waals surface area (Å²) >= 11 is 0. The Bertz CT molecular complexity index is 1330. The van der Waals surface area contributed by atoms with Gasteiger partial charge in [0.2, 0.25) is 11.8 Å². The molecule has 2 aliphatic heterocycles. The Kier molecular flexibility index (Phi) is 8.26. The van der Waals surface area contributed by atoms with Gasteiger partial charge in [0.05, 0.1) is 19.6 Å². The zero-order valence-electron chi connectivity index (χ0n) is 24.7. The molecule has 2 saturated carbocycles. The van der Waals surface area contributed by atoms with E-state index in [1.165, 1.54) is 21.6 Å². The zero-order chi connectivity index (χ0) is 29.4. The number of hydrogen-bond donors (Lipinski definition) is 1. The molecule has 8 heteroatoms. The molecule has 42 heavy (non-hydrogen) atoms. The van der Waals surface area contributed by atoms with Crippen molar-refractivity contribution in [2.75, 3.05) is 26.8 Å². The van der Waals surface area contributed by atoms with Crippen LogP contribution in [0.1, 0.15) is 86.1 Å². The highest BCUT2D eigenvalue weighted by molar-refractivity contribution is 6.01. The van der Waals surface area contributed by atoms with Gasteiger partial charge in [-0.3, -0.25) is 24.2 Å². The van der Waals surface area contributed by atoms with Crippen molar-refractivity contribution in [1.29, 1.82) is 0 Å². The van der Waals surface area contributed by atoms with Crippen LogP contribution >= 0.6 is 0 Å². The van der Waals surface area contributed by atoms with Crippen molar-refractivity contribution in [3.05, 3.63) is 58.7 Å². The lowest BCUT2D eigenvalue weighted by Crippen LogP contribution is -2.34. The van der Waals surface area contributed by atoms with Crippen molar-refractivity contribution in [3.63, 3.8) is 0 Å². The van der Waals surface area contributed by atoms with Gasteiger partial charge in [-0.2, -0.15) is 0 Å². The quantitative estimate of drug-likeness (QED) is 0.362. The van der Waals surface area contributed by atoms with E-state index >= 15 is 0 Å². The molecular formula is C34H42N2O6. The number of carboxylic acids is 1. The van der Waals surface area contributed by atoms with Crippen molar-refractivity contribution in [3.8, 4) is 11.5 Å². The fourth-order valence-corrected chi connectivity index (χ4v) is 7.25. The van der Waals surface area contributed by atoms with Crippen LogP contribution in [0.2, 0.25) is 0 Å². The summed E-state index contributed by atoms with van der Waals surface area (Å²) in [6.45, 7) is 5.18. The van der Waals surface area contributed by atoms with Gasteiger partial charge in [-0.25, -0.2) is 0 Å². The molecule has 1 N–H and O–H groups in total. The molecule has 8 nitrogen and oxygen atoms in total. The van der Waals surface area contributed by atoms with Gasteiger partial charge in [0.25, 0.3) is 0 Å². The van der Waals surface area contributed by atoms with Gasteiger partial charge >= 0.3 is 5.97 Å². The highest BCUT2D eigenvalue weighted by atomic mass is 16.5. The van der Waals surface area contributed by atoms with Crippen molar-refractivity contribution >= 4 is 17.8 Å². The summed E-state index contributed by atoms with van der Waals surface area (Å²) in [7, 11) is 1.71. The summed E-state index contributed by atoms with van der Waals surface area (Å²) in [5, 5.41) is 9.48. The fraction of sp³-hybridized carbons (Fsp3) is 0.559. The summed E-state index contributed by atoms with van der Waals surface area (Å²) in [4.78, 5) is 39.7. The van der Waals surface area contributed by atoms with Gasteiger partial charge < -0.3 is 14.6 Å². The second-order valence-electron chi connectivity index (χ2n) is 12.7. The number of likely N-dealkylation sites (tertiary alicyclic amines) is 1. The molecule has 0 spiro atoms. The van der Waals surface area contributed by atoms with Crippen LogP contribution in [0.25, 0.3) is 0 Å². The predicted octanol–water partition coefficient (Wildman–Crippen LogP) is 5.34. The van der Waals surface area contributed by atoms with Crippen LogP contribution in [0, 0.1) is 17.8 Å². The number of hydrogen-bond acceptors (Lipinski definition) is 6. The second-order valence-corrected chi connectivity index (χ2v) is 12.7. The maximum Gasteiger partial charge on any atom is 0.306 e. The summed E-state index contributed by atoms with van der Waals surface area (Å²) in [5.74, 6) is 1.93. The number of nitrogens with zero attached hydrogens (tertiary/aromatic N) is 2. The fourth-order valence-electron chi connectivity index (χ4n) is 7.25. The van der Waals surface area contributed by atoms with Crippen LogP contribution in [0.4, 0.5) is 0 Å². The van der Waals surface area contributed by atoms with E-state index in [2.05, 4.69) is 48.2 Å². The number of carbonyl (C=O) groups excluding carboxylic acids is 2. The van der Waals surface area contributed by atoms with E-state index in [4.69, 9.17) is 9.47 Å². The number of rotatable bonds is 11. The van der Waals surface area contributed by atoms with Gasteiger partial charge in [0.1, 0.15) is 11.5 Å². The summed E-state index contributed by atoms with van der Waals surface area (Å²) in [5.41, 5.74) is 4.86. The Labute approximate surface area is 248 Å². The van der Waals surface area contributed by atoms with Crippen molar-refractivity contribution in [2.24, 2.45) is 17.8 Å². The number of benzene rings is 2. The first-order valence-electron chi connectivity index (χ1n) is 15.5. The summed E-state index contributed by atoms with van der Waals surface area (Å²) < 4.78 is 11.6. The molecule has 2 aromatic rings. The molecule has 1 saturated heterocycles. The van der Waals surface area contributed by atoms with E-state index in [9.17, 15) is 19.5 Å². The third kappa shape index (κ3) is 6.05. The predicted molar refractivity (Wildman–Crippen MR) is 157 cm³/mol. The normalized spacial score (nSPS) is 25.8. The number of amides is 2. The third-order valence-electron chi connectivity index (χ3n) is 10.0. The van der Waals surface area contributed by atoms with Crippen molar-refractivity contribution < 1.29 is 29.0 Å². The van der Waals surface area contributed by atoms with Crippen molar-refractivity contribution in [2.45, 2.75) is 76.8 Å². The highest BCUT2D eigenvalue weighted by Gasteiger charge is 2.44. The lowest BCUT2D eigenvalue weighted by atomic mass is 9.81. The van der Waals surface area contributed by atoms with Gasteiger partial charge in [0.15, 0.2) is 0 Å². The number of methoxy groups -OCH3 is 1. The Hall–Kier alpha value is -3.39. The average Bonchev–Trinajstić information content (AvgIpc) is 3.47. The minimum atomic E-state index is -0.664. The van der Waals surface area contributed by atoms with Gasteiger partial charge in [-0.1, -0.05) is 24.3 Å². The molecule has 6 rings (SSSR count).